The number of rotatable bonds is 4. The highest BCUT2D eigenvalue weighted by Crippen LogP contribution is 2.24. The number of nitrogens with zero attached hydrogens (tertiary/aromatic N) is 4. The van der Waals surface area contributed by atoms with E-state index in [1.807, 2.05) is 9.58 Å². The molecular formula is C21H31N5O. The molecule has 0 aliphatic carbocycles. The van der Waals surface area contributed by atoms with E-state index in [-0.39, 0.29) is 17.4 Å². The lowest BCUT2D eigenvalue weighted by molar-refractivity contribution is 0.0707. The predicted octanol–water partition coefficient (Wildman–Crippen LogP) is 3.08. The van der Waals surface area contributed by atoms with Crippen LogP contribution in [-0.2, 0) is 11.8 Å². The maximum Gasteiger partial charge on any atom is 0.276 e. The lowest BCUT2D eigenvalue weighted by Gasteiger charge is -2.29. The fourth-order valence-corrected chi connectivity index (χ4v) is 3.49. The molecule has 6 heteroatoms. The largest absolute Gasteiger partial charge is 0.337 e. The summed E-state index contributed by atoms with van der Waals surface area (Å²) in [6.07, 6.45) is 3.38. The highest BCUT2D eigenvalue weighted by atomic mass is 16.2. The molecule has 6 nitrogen and oxygen atoms in total. The first-order valence-corrected chi connectivity index (χ1v) is 9.91. The van der Waals surface area contributed by atoms with E-state index in [1.165, 1.54) is 5.56 Å². The third-order valence-electron chi connectivity index (χ3n) is 5.26. The zero-order chi connectivity index (χ0) is 19.6. The first-order chi connectivity index (χ1) is 12.8. The number of benzene rings is 1. The Hall–Kier alpha value is -2.21. The van der Waals surface area contributed by atoms with Gasteiger partial charge >= 0.3 is 0 Å². The Morgan fingerprint density at radius 2 is 1.81 bits per heavy atom. The number of carbonyl (C=O) groups excluding carboxylic acids is 1. The van der Waals surface area contributed by atoms with Crippen molar-refractivity contribution in [2.45, 2.75) is 64.8 Å². The molecule has 0 spiro atoms. The van der Waals surface area contributed by atoms with Crippen molar-refractivity contribution in [1.29, 1.82) is 0 Å². The second kappa shape index (κ2) is 7.80. The fourth-order valence-electron chi connectivity index (χ4n) is 3.49. The van der Waals surface area contributed by atoms with Gasteiger partial charge in [-0.25, -0.2) is 4.68 Å². The fraction of sp³-hybridized carbons (Fsp3) is 0.571. The van der Waals surface area contributed by atoms with Gasteiger partial charge in [0.1, 0.15) is 0 Å². The van der Waals surface area contributed by atoms with Crippen LogP contribution in [0, 0.1) is 0 Å². The van der Waals surface area contributed by atoms with Crippen LogP contribution in [0.15, 0.2) is 24.3 Å². The quantitative estimate of drug-likeness (QED) is 0.898. The van der Waals surface area contributed by atoms with Crippen molar-refractivity contribution in [2.75, 3.05) is 13.1 Å². The molecule has 0 saturated carbocycles. The summed E-state index contributed by atoms with van der Waals surface area (Å²) in [6, 6.07) is 8.56. The summed E-state index contributed by atoms with van der Waals surface area (Å²) in [7, 11) is 0. The van der Waals surface area contributed by atoms with Gasteiger partial charge in [0, 0.05) is 19.1 Å². The number of aromatic nitrogens is 3. The smallest absolute Gasteiger partial charge is 0.276 e. The van der Waals surface area contributed by atoms with Crippen LogP contribution in [0.3, 0.4) is 0 Å². The summed E-state index contributed by atoms with van der Waals surface area (Å²) < 4.78 is 1.82. The summed E-state index contributed by atoms with van der Waals surface area (Å²) in [5, 5.41) is 8.59. The second-order valence-corrected chi connectivity index (χ2v) is 8.47. The zero-order valence-electron chi connectivity index (χ0n) is 16.9. The number of hydrogen-bond donors (Lipinski definition) is 1. The molecule has 3 rings (SSSR count). The maximum absolute atomic E-state index is 13.0. The summed E-state index contributed by atoms with van der Waals surface area (Å²) in [6.45, 7) is 10.1. The average molecular weight is 370 g/mol. The molecule has 1 aromatic heterocycles. The molecule has 1 saturated heterocycles. The molecule has 2 N–H and O–H groups in total. The van der Waals surface area contributed by atoms with Crippen LogP contribution < -0.4 is 5.73 Å². The van der Waals surface area contributed by atoms with Gasteiger partial charge in [0.05, 0.1) is 11.4 Å². The molecule has 1 amide bonds. The summed E-state index contributed by atoms with van der Waals surface area (Å²) in [5.41, 5.74) is 9.65. The Kier molecular flexibility index (Phi) is 5.65. The second-order valence-electron chi connectivity index (χ2n) is 8.47. The number of piperidine rings is 1. The number of nitrogens with two attached hydrogens (primary N) is 1. The highest BCUT2D eigenvalue weighted by molar-refractivity contribution is 5.93. The number of hydrogen-bond acceptors (Lipinski definition) is 4. The molecule has 1 aliphatic heterocycles. The molecule has 1 aromatic carbocycles. The molecule has 1 fully saturated rings. The number of amides is 1. The molecule has 0 bridgehead atoms. The van der Waals surface area contributed by atoms with Gasteiger partial charge in [-0.2, -0.15) is 0 Å². The van der Waals surface area contributed by atoms with Crippen molar-refractivity contribution in [3.63, 3.8) is 0 Å². The van der Waals surface area contributed by atoms with Crippen molar-refractivity contribution in [3.8, 4) is 5.69 Å². The van der Waals surface area contributed by atoms with Gasteiger partial charge in [0.2, 0.25) is 0 Å². The third kappa shape index (κ3) is 4.21. The van der Waals surface area contributed by atoms with E-state index in [2.05, 4.69) is 62.3 Å². The van der Waals surface area contributed by atoms with Crippen LogP contribution in [0.4, 0.5) is 0 Å². The Morgan fingerprint density at radius 3 is 2.37 bits per heavy atom. The first-order valence-electron chi connectivity index (χ1n) is 9.91. The van der Waals surface area contributed by atoms with Crippen LogP contribution >= 0.6 is 0 Å². The molecule has 146 valence electrons. The van der Waals surface area contributed by atoms with Gasteiger partial charge in [-0.15, -0.1) is 5.10 Å². The molecule has 2 heterocycles. The molecule has 27 heavy (non-hydrogen) atoms. The lowest BCUT2D eigenvalue weighted by atomic mass is 9.87. The van der Waals surface area contributed by atoms with E-state index in [0.29, 0.717) is 18.8 Å². The molecular weight excluding hydrogens is 338 g/mol. The topological polar surface area (TPSA) is 77.0 Å². The first kappa shape index (κ1) is 19.5. The van der Waals surface area contributed by atoms with Crippen molar-refractivity contribution >= 4 is 5.91 Å². The summed E-state index contributed by atoms with van der Waals surface area (Å²) in [5.74, 6) is -0.0251. The standard InChI is InChI=1S/C21H31N5O/c1-5-6-18-19(20(27)25-13-11-16(22)12-14-25)23-24-26(18)17-9-7-15(8-10-17)21(2,3)4/h7-10,16H,5-6,11-14,22H2,1-4H3. The van der Waals surface area contributed by atoms with Gasteiger partial charge in [0.25, 0.3) is 5.91 Å². The predicted molar refractivity (Wildman–Crippen MR) is 107 cm³/mol. The van der Waals surface area contributed by atoms with E-state index < -0.39 is 0 Å². The van der Waals surface area contributed by atoms with Crippen LogP contribution in [-0.4, -0.2) is 44.9 Å². The Labute approximate surface area is 161 Å². The lowest BCUT2D eigenvalue weighted by Crippen LogP contribution is -2.43. The van der Waals surface area contributed by atoms with Gasteiger partial charge < -0.3 is 10.6 Å². The SMILES string of the molecule is CCCc1c(C(=O)N2CCC(N)CC2)nnn1-c1ccc(C(C)(C)C)cc1. The van der Waals surface area contributed by atoms with Gasteiger partial charge in [0.15, 0.2) is 5.69 Å². The minimum Gasteiger partial charge on any atom is -0.337 e. The summed E-state index contributed by atoms with van der Waals surface area (Å²) in [4.78, 5) is 14.9. The van der Waals surface area contributed by atoms with E-state index in [4.69, 9.17) is 5.73 Å². The minimum absolute atomic E-state index is 0.0251. The van der Waals surface area contributed by atoms with Crippen molar-refractivity contribution in [1.82, 2.24) is 19.9 Å². The highest BCUT2D eigenvalue weighted by Gasteiger charge is 2.27. The zero-order valence-corrected chi connectivity index (χ0v) is 16.9. The van der Waals surface area contributed by atoms with E-state index >= 15 is 0 Å². The van der Waals surface area contributed by atoms with Crippen LogP contribution in [0.2, 0.25) is 0 Å². The van der Waals surface area contributed by atoms with Crippen molar-refractivity contribution in [3.05, 3.63) is 41.2 Å². The number of carbonyl (C=O) groups is 1. The van der Waals surface area contributed by atoms with Gasteiger partial charge in [-0.3, -0.25) is 4.79 Å². The Balaban J connectivity index is 1.90. The average Bonchev–Trinajstić information content (AvgIpc) is 3.05. The van der Waals surface area contributed by atoms with Crippen molar-refractivity contribution < 1.29 is 4.79 Å². The molecule has 0 unspecified atom stereocenters. The monoisotopic (exact) mass is 369 g/mol. The van der Waals surface area contributed by atoms with Gasteiger partial charge in [-0.1, -0.05) is 51.5 Å². The normalized spacial score (nSPS) is 16.0. The molecule has 0 atom stereocenters. The van der Waals surface area contributed by atoms with Crippen molar-refractivity contribution in [2.24, 2.45) is 5.73 Å². The van der Waals surface area contributed by atoms with E-state index in [0.717, 1.165) is 37.1 Å². The Bertz CT molecular complexity index is 780. The van der Waals surface area contributed by atoms with Gasteiger partial charge in [-0.05, 0) is 42.4 Å². The van der Waals surface area contributed by atoms with Crippen LogP contribution in [0.25, 0.3) is 5.69 Å². The van der Waals surface area contributed by atoms with E-state index in [9.17, 15) is 4.79 Å². The van der Waals surface area contributed by atoms with Crippen LogP contribution in [0.5, 0.6) is 0 Å². The van der Waals surface area contributed by atoms with E-state index in [1.54, 1.807) is 0 Å². The molecule has 0 radical (unpaired) electrons. The number of likely N-dealkylation sites (tertiary alicyclic amines) is 1. The minimum atomic E-state index is -0.0251. The summed E-state index contributed by atoms with van der Waals surface area (Å²) >= 11 is 0. The Morgan fingerprint density at radius 1 is 1.19 bits per heavy atom. The van der Waals surface area contributed by atoms with Crippen LogP contribution in [0.1, 0.15) is 68.7 Å². The molecule has 2 aromatic rings. The maximum atomic E-state index is 13.0. The third-order valence-corrected chi connectivity index (χ3v) is 5.26. The molecule has 1 aliphatic rings.